The summed E-state index contributed by atoms with van der Waals surface area (Å²) in [5, 5.41) is 0. The van der Waals surface area contributed by atoms with Crippen LogP contribution < -0.4 is 4.31 Å². The van der Waals surface area contributed by atoms with Crippen LogP contribution in [0.15, 0.2) is 48.8 Å². The van der Waals surface area contributed by atoms with Gasteiger partial charge in [0.1, 0.15) is 5.65 Å². The summed E-state index contributed by atoms with van der Waals surface area (Å²) >= 11 is 0. The minimum absolute atomic E-state index is 0.0577. The van der Waals surface area contributed by atoms with Crippen molar-refractivity contribution in [3.8, 4) is 0 Å². The Hall–Kier alpha value is -2.38. The molecule has 1 aromatic carbocycles. The van der Waals surface area contributed by atoms with Crippen molar-refractivity contribution in [2.75, 3.05) is 23.7 Å². The number of aryl methyl sites for hydroxylation is 1. The Labute approximate surface area is 166 Å². The summed E-state index contributed by atoms with van der Waals surface area (Å²) in [6.07, 6.45) is 4.64. The summed E-state index contributed by atoms with van der Waals surface area (Å²) < 4.78 is 28.6. The lowest BCUT2D eigenvalue weighted by Crippen LogP contribution is -2.29. The lowest BCUT2D eigenvalue weighted by molar-refractivity contribution is 0.250. The minimum Gasteiger partial charge on any atom is -0.303 e. The van der Waals surface area contributed by atoms with Crippen LogP contribution in [0.3, 0.4) is 0 Å². The number of benzene rings is 1. The van der Waals surface area contributed by atoms with E-state index in [1.807, 2.05) is 42.7 Å². The van der Waals surface area contributed by atoms with Crippen LogP contribution in [0, 0.1) is 6.92 Å². The zero-order chi connectivity index (χ0) is 19.9. The molecular formula is C21H26N4O2S. The molecule has 2 aromatic heterocycles. The Balaban J connectivity index is 1.63. The molecule has 6 nitrogen and oxygen atoms in total. The average Bonchev–Trinajstić information content (AvgIpc) is 3.24. The number of imidazole rings is 1. The largest absolute Gasteiger partial charge is 0.303 e. The highest BCUT2D eigenvalue weighted by Crippen LogP contribution is 2.33. The van der Waals surface area contributed by atoms with E-state index in [9.17, 15) is 8.42 Å². The van der Waals surface area contributed by atoms with E-state index in [0.29, 0.717) is 19.5 Å². The van der Waals surface area contributed by atoms with Gasteiger partial charge in [-0.2, -0.15) is 0 Å². The Morgan fingerprint density at radius 1 is 1.21 bits per heavy atom. The number of hydrogen-bond donors (Lipinski definition) is 0. The van der Waals surface area contributed by atoms with Crippen molar-refractivity contribution in [2.45, 2.75) is 32.9 Å². The van der Waals surface area contributed by atoms with E-state index in [0.717, 1.165) is 28.2 Å². The van der Waals surface area contributed by atoms with Gasteiger partial charge in [-0.3, -0.25) is 9.21 Å². The monoisotopic (exact) mass is 398 g/mol. The van der Waals surface area contributed by atoms with Gasteiger partial charge in [0.2, 0.25) is 10.0 Å². The van der Waals surface area contributed by atoms with E-state index >= 15 is 0 Å². The smallest absolute Gasteiger partial charge is 0.235 e. The molecule has 1 unspecified atom stereocenters. The maximum Gasteiger partial charge on any atom is 0.235 e. The molecule has 0 amide bonds. The SMILES string of the molecule is Cc1cccn2c(CN(C)C(C)c3ccccc3N3CCCS3(=O)=O)cnc12. The van der Waals surface area contributed by atoms with Crippen molar-refractivity contribution in [2.24, 2.45) is 0 Å². The molecule has 0 aliphatic carbocycles. The number of aromatic nitrogens is 2. The molecule has 0 radical (unpaired) electrons. The zero-order valence-electron chi connectivity index (χ0n) is 16.5. The molecule has 0 saturated carbocycles. The van der Waals surface area contributed by atoms with Crippen molar-refractivity contribution in [3.63, 3.8) is 0 Å². The highest BCUT2D eigenvalue weighted by molar-refractivity contribution is 7.93. The fourth-order valence-corrected chi connectivity index (χ4v) is 5.51. The van der Waals surface area contributed by atoms with Gasteiger partial charge in [-0.25, -0.2) is 13.4 Å². The van der Waals surface area contributed by atoms with Gasteiger partial charge < -0.3 is 4.40 Å². The number of rotatable bonds is 5. The second-order valence-electron chi connectivity index (χ2n) is 7.53. The highest BCUT2D eigenvalue weighted by Gasteiger charge is 2.31. The molecule has 0 spiro atoms. The molecule has 3 heterocycles. The predicted octanol–water partition coefficient (Wildman–Crippen LogP) is 3.38. The molecule has 4 rings (SSSR count). The summed E-state index contributed by atoms with van der Waals surface area (Å²) in [5.74, 6) is 0.229. The van der Waals surface area contributed by atoms with E-state index in [4.69, 9.17) is 0 Å². The molecule has 1 fully saturated rings. The van der Waals surface area contributed by atoms with Crippen LogP contribution in [0.1, 0.15) is 36.2 Å². The van der Waals surface area contributed by atoms with Crippen molar-refractivity contribution >= 4 is 21.4 Å². The Morgan fingerprint density at radius 2 is 2.00 bits per heavy atom. The normalized spacial score (nSPS) is 17.5. The lowest BCUT2D eigenvalue weighted by atomic mass is 10.0. The zero-order valence-corrected chi connectivity index (χ0v) is 17.4. The number of nitrogens with zero attached hydrogens (tertiary/aromatic N) is 4. The summed E-state index contributed by atoms with van der Waals surface area (Å²) in [5.41, 5.74) is 5.06. The molecule has 1 saturated heterocycles. The van der Waals surface area contributed by atoms with Gasteiger partial charge in [0.05, 0.1) is 23.3 Å². The van der Waals surface area contributed by atoms with Gasteiger partial charge in [0.25, 0.3) is 0 Å². The number of pyridine rings is 1. The summed E-state index contributed by atoms with van der Waals surface area (Å²) in [6.45, 7) is 5.45. The van der Waals surface area contributed by atoms with E-state index in [1.165, 1.54) is 0 Å². The van der Waals surface area contributed by atoms with Gasteiger partial charge in [-0.15, -0.1) is 0 Å². The molecule has 0 N–H and O–H groups in total. The third-order valence-electron chi connectivity index (χ3n) is 5.63. The Morgan fingerprint density at radius 3 is 2.75 bits per heavy atom. The van der Waals surface area contributed by atoms with Crippen LogP contribution in [0.25, 0.3) is 5.65 Å². The van der Waals surface area contributed by atoms with E-state index in [2.05, 4.69) is 41.2 Å². The quantitative estimate of drug-likeness (QED) is 0.661. The average molecular weight is 399 g/mol. The summed E-state index contributed by atoms with van der Waals surface area (Å²) in [4.78, 5) is 6.78. The van der Waals surface area contributed by atoms with E-state index in [1.54, 1.807) is 4.31 Å². The number of para-hydroxylation sites is 1. The first-order valence-corrected chi connectivity index (χ1v) is 11.2. The molecular weight excluding hydrogens is 372 g/mol. The highest BCUT2D eigenvalue weighted by atomic mass is 32.2. The van der Waals surface area contributed by atoms with E-state index < -0.39 is 10.0 Å². The first-order chi connectivity index (χ1) is 13.4. The third-order valence-corrected chi connectivity index (χ3v) is 7.49. The van der Waals surface area contributed by atoms with Crippen LogP contribution in [-0.2, 0) is 16.6 Å². The molecule has 1 aliphatic rings. The standard InChI is InChI=1S/C21H26N4O2S/c1-16-8-6-11-24-18(14-22-21(16)24)15-23(3)17(2)19-9-4-5-10-20(19)25-12-7-13-28(25,26)27/h4-6,8-11,14,17H,7,12-13,15H2,1-3H3. The number of fused-ring (bicyclic) bond motifs is 1. The van der Waals surface area contributed by atoms with Crippen LogP contribution in [0.5, 0.6) is 0 Å². The van der Waals surface area contributed by atoms with Gasteiger partial charge in [0.15, 0.2) is 0 Å². The molecule has 7 heteroatoms. The third kappa shape index (κ3) is 3.29. The predicted molar refractivity (Wildman–Crippen MR) is 112 cm³/mol. The van der Waals surface area contributed by atoms with Crippen molar-refractivity contribution in [1.82, 2.24) is 14.3 Å². The van der Waals surface area contributed by atoms with Crippen LogP contribution in [0.4, 0.5) is 5.69 Å². The Kier molecular flexibility index (Phi) is 4.89. The fourth-order valence-electron chi connectivity index (χ4n) is 3.93. The maximum atomic E-state index is 12.4. The van der Waals surface area contributed by atoms with E-state index in [-0.39, 0.29) is 11.8 Å². The molecule has 28 heavy (non-hydrogen) atoms. The van der Waals surface area contributed by atoms with Gasteiger partial charge in [0, 0.05) is 25.3 Å². The maximum absolute atomic E-state index is 12.4. The Bertz CT molecular complexity index is 1110. The topological polar surface area (TPSA) is 57.9 Å². The fraction of sp³-hybridized carbons (Fsp3) is 0.381. The number of hydrogen-bond acceptors (Lipinski definition) is 4. The molecule has 1 atom stereocenters. The molecule has 148 valence electrons. The number of sulfonamides is 1. The second kappa shape index (κ2) is 7.22. The molecule has 0 bridgehead atoms. The van der Waals surface area contributed by atoms with Gasteiger partial charge in [-0.1, -0.05) is 24.3 Å². The van der Waals surface area contributed by atoms with Crippen LogP contribution >= 0.6 is 0 Å². The minimum atomic E-state index is -3.20. The second-order valence-corrected chi connectivity index (χ2v) is 9.54. The first kappa shape index (κ1) is 19.0. The van der Waals surface area contributed by atoms with Crippen molar-refractivity contribution in [1.29, 1.82) is 0 Å². The van der Waals surface area contributed by atoms with Gasteiger partial charge >= 0.3 is 0 Å². The lowest BCUT2D eigenvalue weighted by Gasteiger charge is -2.29. The van der Waals surface area contributed by atoms with Gasteiger partial charge in [-0.05, 0) is 50.6 Å². The number of anilines is 1. The van der Waals surface area contributed by atoms with Crippen LogP contribution in [0.2, 0.25) is 0 Å². The van der Waals surface area contributed by atoms with Crippen molar-refractivity contribution in [3.05, 3.63) is 65.6 Å². The molecule has 3 aromatic rings. The van der Waals surface area contributed by atoms with Crippen molar-refractivity contribution < 1.29 is 8.42 Å². The summed E-state index contributed by atoms with van der Waals surface area (Å²) in [7, 11) is -1.14. The first-order valence-electron chi connectivity index (χ1n) is 9.59. The summed E-state index contributed by atoms with van der Waals surface area (Å²) in [6, 6.07) is 12.0. The van der Waals surface area contributed by atoms with Crippen LogP contribution in [-0.4, -0.2) is 42.0 Å². The molecule has 1 aliphatic heterocycles.